The van der Waals surface area contributed by atoms with Gasteiger partial charge in [0.05, 0.1) is 19.2 Å². The number of hydrogen-bond acceptors (Lipinski definition) is 3. The van der Waals surface area contributed by atoms with E-state index in [4.69, 9.17) is 4.74 Å². The average molecular weight is 265 g/mol. The number of esters is 1. The Hall–Kier alpha value is -1.42. The zero-order chi connectivity index (χ0) is 13.7. The third-order valence-electron chi connectivity index (χ3n) is 3.55. The Morgan fingerprint density at radius 1 is 1.37 bits per heavy atom. The van der Waals surface area contributed by atoms with Gasteiger partial charge in [-0.25, -0.2) is 0 Å². The monoisotopic (exact) mass is 265 g/mol. The number of hydrogen-bond donors (Lipinski definition) is 0. The standard InChI is InChI=1S/C15H20FNO2/c1-2-19-15(18)14-11-17(10-13(14)8-16)9-12-6-4-3-5-7-12/h3-7,13-14H,2,8-11H2,1H3. The van der Waals surface area contributed by atoms with E-state index in [2.05, 4.69) is 4.90 Å². The fourth-order valence-corrected chi connectivity index (χ4v) is 2.60. The van der Waals surface area contributed by atoms with E-state index in [1.165, 1.54) is 5.56 Å². The predicted molar refractivity (Wildman–Crippen MR) is 71.3 cm³/mol. The molecule has 3 nitrogen and oxygen atoms in total. The summed E-state index contributed by atoms with van der Waals surface area (Å²) >= 11 is 0. The van der Waals surface area contributed by atoms with Crippen molar-refractivity contribution in [3.05, 3.63) is 35.9 Å². The summed E-state index contributed by atoms with van der Waals surface area (Å²) in [6.45, 7) is 3.63. The van der Waals surface area contributed by atoms with E-state index in [1.54, 1.807) is 6.92 Å². The van der Waals surface area contributed by atoms with Crippen molar-refractivity contribution in [2.75, 3.05) is 26.4 Å². The molecule has 104 valence electrons. The van der Waals surface area contributed by atoms with Crippen molar-refractivity contribution in [1.82, 2.24) is 4.90 Å². The minimum atomic E-state index is -0.464. The van der Waals surface area contributed by atoms with E-state index < -0.39 is 6.67 Å². The zero-order valence-electron chi connectivity index (χ0n) is 11.2. The lowest BCUT2D eigenvalue weighted by Gasteiger charge is -2.15. The Morgan fingerprint density at radius 2 is 2.11 bits per heavy atom. The van der Waals surface area contributed by atoms with Crippen molar-refractivity contribution >= 4 is 5.97 Å². The van der Waals surface area contributed by atoms with Gasteiger partial charge in [-0.1, -0.05) is 30.3 Å². The number of benzene rings is 1. The Kier molecular flexibility index (Phi) is 4.91. The van der Waals surface area contributed by atoms with Crippen molar-refractivity contribution in [2.45, 2.75) is 13.5 Å². The van der Waals surface area contributed by atoms with Crippen LogP contribution in [0.3, 0.4) is 0 Å². The third-order valence-corrected chi connectivity index (χ3v) is 3.55. The molecule has 0 radical (unpaired) electrons. The van der Waals surface area contributed by atoms with Crippen LogP contribution in [0.4, 0.5) is 4.39 Å². The maximum atomic E-state index is 13.0. The summed E-state index contributed by atoms with van der Waals surface area (Å²) < 4.78 is 18.1. The van der Waals surface area contributed by atoms with Gasteiger partial charge in [-0.3, -0.25) is 14.1 Å². The molecule has 2 unspecified atom stereocenters. The van der Waals surface area contributed by atoms with Crippen molar-refractivity contribution in [1.29, 1.82) is 0 Å². The minimum Gasteiger partial charge on any atom is -0.466 e. The molecule has 2 atom stereocenters. The van der Waals surface area contributed by atoms with Crippen LogP contribution in [-0.4, -0.2) is 37.2 Å². The van der Waals surface area contributed by atoms with Gasteiger partial charge in [0, 0.05) is 25.6 Å². The molecule has 4 heteroatoms. The molecule has 0 saturated carbocycles. The number of nitrogens with zero attached hydrogens (tertiary/aromatic N) is 1. The predicted octanol–water partition coefficient (Wildman–Crippen LogP) is 2.27. The highest BCUT2D eigenvalue weighted by Gasteiger charge is 2.38. The highest BCUT2D eigenvalue weighted by Crippen LogP contribution is 2.26. The molecule has 1 aliphatic rings. The second-order valence-electron chi connectivity index (χ2n) is 4.95. The molecule has 1 aliphatic heterocycles. The maximum Gasteiger partial charge on any atom is 0.310 e. The van der Waals surface area contributed by atoms with Crippen LogP contribution in [0.15, 0.2) is 30.3 Å². The Bertz CT molecular complexity index is 410. The first kappa shape index (κ1) is 14.0. The normalized spacial score (nSPS) is 23.5. The number of rotatable bonds is 5. The van der Waals surface area contributed by atoms with E-state index in [-0.39, 0.29) is 17.8 Å². The lowest BCUT2D eigenvalue weighted by molar-refractivity contribution is -0.149. The molecule has 0 bridgehead atoms. The third kappa shape index (κ3) is 3.53. The van der Waals surface area contributed by atoms with Crippen LogP contribution in [0.25, 0.3) is 0 Å². The summed E-state index contributed by atoms with van der Waals surface area (Å²) in [5, 5.41) is 0. The molecule has 1 aromatic carbocycles. The smallest absolute Gasteiger partial charge is 0.310 e. The summed E-state index contributed by atoms with van der Waals surface area (Å²) in [5.41, 5.74) is 1.18. The summed E-state index contributed by atoms with van der Waals surface area (Å²) in [5.74, 6) is -0.822. The van der Waals surface area contributed by atoms with Crippen molar-refractivity contribution in [3.63, 3.8) is 0 Å². The van der Waals surface area contributed by atoms with Gasteiger partial charge in [-0.15, -0.1) is 0 Å². The van der Waals surface area contributed by atoms with Crippen LogP contribution < -0.4 is 0 Å². The average Bonchev–Trinajstić information content (AvgIpc) is 2.83. The molecule has 19 heavy (non-hydrogen) atoms. The van der Waals surface area contributed by atoms with Gasteiger partial charge >= 0.3 is 5.97 Å². The number of halogens is 1. The van der Waals surface area contributed by atoms with Crippen LogP contribution in [0.1, 0.15) is 12.5 Å². The molecule has 1 fully saturated rings. The quantitative estimate of drug-likeness (QED) is 0.765. The fraction of sp³-hybridized carbons (Fsp3) is 0.533. The summed E-state index contributed by atoms with van der Waals surface area (Å²) in [4.78, 5) is 13.9. The Morgan fingerprint density at radius 3 is 2.74 bits per heavy atom. The van der Waals surface area contributed by atoms with Crippen LogP contribution in [0, 0.1) is 11.8 Å². The van der Waals surface area contributed by atoms with Crippen LogP contribution in [0.5, 0.6) is 0 Å². The maximum absolute atomic E-state index is 13.0. The highest BCUT2D eigenvalue weighted by molar-refractivity contribution is 5.73. The molecule has 1 heterocycles. The number of carbonyl (C=O) groups is 1. The lowest BCUT2D eigenvalue weighted by atomic mass is 9.98. The molecule has 1 aromatic rings. The molecular weight excluding hydrogens is 245 g/mol. The largest absolute Gasteiger partial charge is 0.466 e. The second-order valence-corrected chi connectivity index (χ2v) is 4.95. The SMILES string of the molecule is CCOC(=O)C1CN(Cc2ccccc2)CC1CF. The van der Waals surface area contributed by atoms with Crippen LogP contribution in [-0.2, 0) is 16.1 Å². The minimum absolute atomic E-state index is 0.234. The molecule has 0 aliphatic carbocycles. The molecule has 0 spiro atoms. The number of alkyl halides is 1. The molecule has 0 N–H and O–H groups in total. The second kappa shape index (κ2) is 6.66. The zero-order valence-corrected chi connectivity index (χ0v) is 11.2. The number of ether oxygens (including phenoxy) is 1. The first-order chi connectivity index (χ1) is 9.24. The number of likely N-dealkylation sites (tertiary alicyclic amines) is 1. The molecule has 0 amide bonds. The lowest BCUT2D eigenvalue weighted by Crippen LogP contribution is -2.26. The van der Waals surface area contributed by atoms with Crippen LogP contribution >= 0.6 is 0 Å². The van der Waals surface area contributed by atoms with Gasteiger partial charge in [0.1, 0.15) is 0 Å². The van der Waals surface area contributed by atoms with E-state index in [1.807, 2.05) is 30.3 Å². The van der Waals surface area contributed by atoms with Gasteiger partial charge in [0.25, 0.3) is 0 Å². The fourth-order valence-electron chi connectivity index (χ4n) is 2.60. The topological polar surface area (TPSA) is 29.5 Å². The summed E-state index contributed by atoms with van der Waals surface area (Å²) in [7, 11) is 0. The van der Waals surface area contributed by atoms with Crippen molar-refractivity contribution in [3.8, 4) is 0 Å². The van der Waals surface area contributed by atoms with E-state index >= 15 is 0 Å². The molecule has 2 rings (SSSR count). The highest BCUT2D eigenvalue weighted by atomic mass is 19.1. The molecule has 0 aromatic heterocycles. The molecular formula is C15H20FNO2. The van der Waals surface area contributed by atoms with Crippen LogP contribution in [0.2, 0.25) is 0 Å². The first-order valence-electron chi connectivity index (χ1n) is 6.73. The van der Waals surface area contributed by atoms with Gasteiger partial charge in [-0.2, -0.15) is 0 Å². The Labute approximate surface area is 113 Å². The van der Waals surface area contributed by atoms with E-state index in [0.717, 1.165) is 6.54 Å². The van der Waals surface area contributed by atoms with Gasteiger partial charge in [0.2, 0.25) is 0 Å². The van der Waals surface area contributed by atoms with Crippen molar-refractivity contribution in [2.24, 2.45) is 11.8 Å². The number of carbonyl (C=O) groups excluding carboxylic acids is 1. The van der Waals surface area contributed by atoms with Crippen molar-refractivity contribution < 1.29 is 13.9 Å². The molecule has 1 saturated heterocycles. The first-order valence-corrected chi connectivity index (χ1v) is 6.73. The summed E-state index contributed by atoms with van der Waals surface area (Å²) in [6, 6.07) is 10.0. The van der Waals surface area contributed by atoms with E-state index in [0.29, 0.717) is 19.7 Å². The van der Waals surface area contributed by atoms with Gasteiger partial charge in [0.15, 0.2) is 0 Å². The van der Waals surface area contributed by atoms with E-state index in [9.17, 15) is 9.18 Å². The van der Waals surface area contributed by atoms with Gasteiger partial charge < -0.3 is 4.74 Å². The van der Waals surface area contributed by atoms with Gasteiger partial charge in [-0.05, 0) is 12.5 Å². The Balaban J connectivity index is 1.97. The summed E-state index contributed by atoms with van der Waals surface area (Å²) in [6.07, 6.45) is 0.